The minimum Gasteiger partial charge on any atom is -0.341 e. The predicted molar refractivity (Wildman–Crippen MR) is 82.4 cm³/mol. The van der Waals surface area contributed by atoms with E-state index in [9.17, 15) is 4.39 Å². The standard InChI is InChI=1S/C15H19BrFN3/c1-15(2,9-4-3-5-18-8-9)14-19-12-6-10(16)11(17)7-13(12)20-14/h6-7,9,18H,3-5,8H2,1-2H3,(H,19,20). The molecule has 3 nitrogen and oxygen atoms in total. The van der Waals surface area contributed by atoms with E-state index in [1.54, 1.807) is 6.07 Å². The first-order chi connectivity index (χ1) is 9.48. The molecule has 1 aliphatic heterocycles. The largest absolute Gasteiger partial charge is 0.341 e. The van der Waals surface area contributed by atoms with Crippen molar-refractivity contribution in [2.45, 2.75) is 32.1 Å². The minimum atomic E-state index is -0.259. The molecule has 1 saturated heterocycles. The van der Waals surface area contributed by atoms with Gasteiger partial charge in [0.1, 0.15) is 11.6 Å². The van der Waals surface area contributed by atoms with Gasteiger partial charge in [-0.25, -0.2) is 9.37 Å². The van der Waals surface area contributed by atoms with Gasteiger partial charge in [0.05, 0.1) is 15.5 Å². The number of imidazole rings is 1. The third kappa shape index (κ3) is 2.37. The maximum atomic E-state index is 13.6. The molecule has 2 N–H and O–H groups in total. The third-order valence-corrected chi connectivity index (χ3v) is 5.06. The van der Waals surface area contributed by atoms with Crippen molar-refractivity contribution >= 4 is 27.0 Å². The van der Waals surface area contributed by atoms with Crippen LogP contribution in [0.1, 0.15) is 32.5 Å². The molecule has 0 amide bonds. The van der Waals surface area contributed by atoms with Gasteiger partial charge in [0.25, 0.3) is 0 Å². The number of aromatic nitrogens is 2. The van der Waals surface area contributed by atoms with Gasteiger partial charge in [-0.05, 0) is 53.8 Å². The predicted octanol–water partition coefficient (Wildman–Crippen LogP) is 3.74. The molecule has 0 saturated carbocycles. The number of benzene rings is 1. The summed E-state index contributed by atoms with van der Waals surface area (Å²) in [5, 5.41) is 3.45. The first kappa shape index (κ1) is 14.0. The van der Waals surface area contributed by atoms with Crippen molar-refractivity contribution in [1.29, 1.82) is 0 Å². The molecule has 0 bridgehead atoms. The van der Waals surface area contributed by atoms with Gasteiger partial charge in [0.2, 0.25) is 0 Å². The fourth-order valence-corrected chi connectivity index (χ4v) is 3.30. The molecule has 2 aromatic rings. The summed E-state index contributed by atoms with van der Waals surface area (Å²) in [5.74, 6) is 1.23. The van der Waals surface area contributed by atoms with Gasteiger partial charge in [-0.15, -0.1) is 0 Å². The number of fused-ring (bicyclic) bond motifs is 1. The molecule has 3 rings (SSSR count). The van der Waals surface area contributed by atoms with E-state index in [0.29, 0.717) is 10.4 Å². The Morgan fingerprint density at radius 2 is 2.20 bits per heavy atom. The number of nitrogens with one attached hydrogen (secondary N) is 2. The zero-order valence-electron chi connectivity index (χ0n) is 11.8. The normalized spacial score (nSPS) is 20.5. The topological polar surface area (TPSA) is 40.7 Å². The van der Waals surface area contributed by atoms with Crippen LogP contribution in [0.15, 0.2) is 16.6 Å². The second kappa shape index (κ2) is 5.11. The van der Waals surface area contributed by atoms with Crippen molar-refractivity contribution in [1.82, 2.24) is 15.3 Å². The number of hydrogen-bond donors (Lipinski definition) is 2. The lowest BCUT2D eigenvalue weighted by Gasteiger charge is -2.35. The highest BCUT2D eigenvalue weighted by atomic mass is 79.9. The Morgan fingerprint density at radius 1 is 1.40 bits per heavy atom. The van der Waals surface area contributed by atoms with Crippen LogP contribution in [0.4, 0.5) is 4.39 Å². The molecule has 1 aliphatic rings. The van der Waals surface area contributed by atoms with E-state index in [4.69, 9.17) is 0 Å². The lowest BCUT2D eigenvalue weighted by Crippen LogP contribution is -2.41. The van der Waals surface area contributed by atoms with Crippen LogP contribution in [0.3, 0.4) is 0 Å². The summed E-state index contributed by atoms with van der Waals surface area (Å²) in [5.41, 5.74) is 1.53. The molecule has 2 heterocycles. The van der Waals surface area contributed by atoms with Crippen LogP contribution in [0, 0.1) is 11.7 Å². The van der Waals surface area contributed by atoms with E-state index < -0.39 is 0 Å². The summed E-state index contributed by atoms with van der Waals surface area (Å²) in [6.07, 6.45) is 2.41. The summed E-state index contributed by atoms with van der Waals surface area (Å²) in [7, 11) is 0. The van der Waals surface area contributed by atoms with Crippen molar-refractivity contribution < 1.29 is 4.39 Å². The minimum absolute atomic E-state index is 0.0462. The van der Waals surface area contributed by atoms with Gasteiger partial charge in [0.15, 0.2) is 0 Å². The zero-order valence-corrected chi connectivity index (χ0v) is 13.3. The maximum Gasteiger partial charge on any atom is 0.139 e. The number of hydrogen-bond acceptors (Lipinski definition) is 2. The maximum absolute atomic E-state index is 13.6. The fourth-order valence-electron chi connectivity index (χ4n) is 2.97. The quantitative estimate of drug-likeness (QED) is 0.874. The second-order valence-corrected chi connectivity index (χ2v) is 6.99. The zero-order chi connectivity index (χ0) is 14.3. The molecular weight excluding hydrogens is 321 g/mol. The Bertz CT molecular complexity index is 590. The highest BCUT2D eigenvalue weighted by Crippen LogP contribution is 2.35. The van der Waals surface area contributed by atoms with Gasteiger partial charge in [-0.1, -0.05) is 13.8 Å². The molecule has 108 valence electrons. The van der Waals surface area contributed by atoms with Crippen LogP contribution in [0.25, 0.3) is 11.0 Å². The monoisotopic (exact) mass is 339 g/mol. The van der Waals surface area contributed by atoms with E-state index in [-0.39, 0.29) is 11.2 Å². The van der Waals surface area contributed by atoms with E-state index in [1.165, 1.54) is 18.9 Å². The molecule has 1 aromatic carbocycles. The van der Waals surface area contributed by atoms with Crippen LogP contribution in [0.2, 0.25) is 0 Å². The van der Waals surface area contributed by atoms with Gasteiger partial charge >= 0.3 is 0 Å². The first-order valence-electron chi connectivity index (χ1n) is 7.04. The van der Waals surface area contributed by atoms with E-state index >= 15 is 0 Å². The summed E-state index contributed by atoms with van der Waals surface area (Å²) < 4.78 is 14.1. The number of aromatic amines is 1. The molecule has 1 unspecified atom stereocenters. The van der Waals surface area contributed by atoms with Crippen LogP contribution in [-0.4, -0.2) is 23.1 Å². The summed E-state index contributed by atoms with van der Waals surface area (Å²) in [6.45, 7) is 6.55. The molecule has 1 atom stereocenters. The highest BCUT2D eigenvalue weighted by Gasteiger charge is 2.34. The molecule has 1 aromatic heterocycles. The third-order valence-electron chi connectivity index (χ3n) is 4.45. The Hall–Kier alpha value is -0.940. The van der Waals surface area contributed by atoms with Crippen LogP contribution >= 0.6 is 15.9 Å². The van der Waals surface area contributed by atoms with Gasteiger partial charge in [0, 0.05) is 11.5 Å². The summed E-state index contributed by atoms with van der Waals surface area (Å²) >= 11 is 3.21. The lowest BCUT2D eigenvalue weighted by molar-refractivity contribution is 0.243. The van der Waals surface area contributed by atoms with E-state index in [0.717, 1.165) is 29.9 Å². The second-order valence-electron chi connectivity index (χ2n) is 6.13. The van der Waals surface area contributed by atoms with Crippen molar-refractivity contribution in [2.24, 2.45) is 5.92 Å². The van der Waals surface area contributed by atoms with Crippen molar-refractivity contribution in [3.05, 3.63) is 28.2 Å². The van der Waals surface area contributed by atoms with Crippen LogP contribution in [0.5, 0.6) is 0 Å². The SMILES string of the molecule is CC(C)(c1nc2cc(Br)c(F)cc2[nH]1)C1CCCNC1. The smallest absolute Gasteiger partial charge is 0.139 e. The first-order valence-corrected chi connectivity index (χ1v) is 7.84. The molecular formula is C15H19BrFN3. The van der Waals surface area contributed by atoms with Crippen LogP contribution in [-0.2, 0) is 5.41 Å². The average molecular weight is 340 g/mol. The summed E-state index contributed by atoms with van der Waals surface area (Å²) in [4.78, 5) is 7.98. The molecule has 20 heavy (non-hydrogen) atoms. The fraction of sp³-hybridized carbons (Fsp3) is 0.533. The Balaban J connectivity index is 2.00. The van der Waals surface area contributed by atoms with Crippen LogP contribution < -0.4 is 5.32 Å². The lowest BCUT2D eigenvalue weighted by atomic mass is 9.74. The van der Waals surface area contributed by atoms with E-state index in [2.05, 4.69) is 45.1 Å². The van der Waals surface area contributed by atoms with Gasteiger partial charge < -0.3 is 10.3 Å². The van der Waals surface area contributed by atoms with Crippen molar-refractivity contribution in [2.75, 3.05) is 13.1 Å². The molecule has 0 aliphatic carbocycles. The molecule has 1 fully saturated rings. The highest BCUT2D eigenvalue weighted by molar-refractivity contribution is 9.10. The summed E-state index contributed by atoms with van der Waals surface area (Å²) in [6, 6.07) is 3.24. The number of nitrogens with zero attached hydrogens (tertiary/aromatic N) is 1. The average Bonchev–Trinajstić information content (AvgIpc) is 2.84. The number of H-pyrrole nitrogens is 1. The molecule has 0 spiro atoms. The molecule has 5 heteroatoms. The Kier molecular flexibility index (Phi) is 3.58. The van der Waals surface area contributed by atoms with E-state index in [1.807, 2.05) is 0 Å². The molecule has 0 radical (unpaired) electrons. The van der Waals surface area contributed by atoms with Gasteiger partial charge in [-0.3, -0.25) is 0 Å². The Labute approximate surface area is 126 Å². The number of rotatable bonds is 2. The number of piperidine rings is 1. The Morgan fingerprint density at radius 3 is 2.90 bits per heavy atom. The van der Waals surface area contributed by atoms with Crippen molar-refractivity contribution in [3.8, 4) is 0 Å². The van der Waals surface area contributed by atoms with Crippen molar-refractivity contribution in [3.63, 3.8) is 0 Å². The number of halogens is 2. The van der Waals surface area contributed by atoms with Gasteiger partial charge in [-0.2, -0.15) is 0 Å².